The summed E-state index contributed by atoms with van der Waals surface area (Å²) in [5, 5.41) is 7.50. The van der Waals surface area contributed by atoms with Crippen LogP contribution in [0.5, 0.6) is 5.75 Å². The van der Waals surface area contributed by atoms with E-state index in [0.717, 1.165) is 61.3 Å². The molecule has 14 heteroatoms. The van der Waals surface area contributed by atoms with Gasteiger partial charge in [0.05, 0.1) is 42.4 Å². The number of carbonyl (C=O) groups excluding carboxylic acids is 1. The molecule has 0 bridgehead atoms. The van der Waals surface area contributed by atoms with Crippen LogP contribution in [0.2, 0.25) is 0 Å². The third-order valence-corrected chi connectivity index (χ3v) is 10.5. The van der Waals surface area contributed by atoms with Gasteiger partial charge in [0.1, 0.15) is 17.2 Å². The summed E-state index contributed by atoms with van der Waals surface area (Å²) in [5.41, 5.74) is 4.71. The summed E-state index contributed by atoms with van der Waals surface area (Å²) in [6.45, 7) is 4.45. The number of rotatable bonds is 8. The van der Waals surface area contributed by atoms with Gasteiger partial charge in [-0.3, -0.25) is 14.0 Å². The summed E-state index contributed by atoms with van der Waals surface area (Å²) in [7, 11) is 0.0865. The van der Waals surface area contributed by atoms with Gasteiger partial charge in [0.25, 0.3) is 0 Å². The average molecular weight is 646 g/mol. The van der Waals surface area contributed by atoms with E-state index in [1.807, 2.05) is 48.3 Å². The molecule has 0 aliphatic carbocycles. The third kappa shape index (κ3) is 5.78. The van der Waals surface area contributed by atoms with Crippen molar-refractivity contribution in [2.45, 2.75) is 25.3 Å². The van der Waals surface area contributed by atoms with Crippen molar-refractivity contribution in [2.24, 2.45) is 0 Å². The van der Waals surface area contributed by atoms with Crippen LogP contribution in [0.15, 0.2) is 48.7 Å². The second-order valence-electron chi connectivity index (χ2n) is 12.2. The number of piperidine rings is 1. The van der Waals surface area contributed by atoms with Crippen molar-refractivity contribution in [3.05, 3.63) is 54.2 Å². The number of anilines is 6. The largest absolute Gasteiger partial charge is 0.494 e. The minimum absolute atomic E-state index is 0.200. The van der Waals surface area contributed by atoms with E-state index in [1.165, 1.54) is 10.6 Å². The van der Waals surface area contributed by atoms with Crippen LogP contribution in [-0.4, -0.2) is 105 Å². The Morgan fingerprint density at radius 1 is 0.978 bits per heavy atom. The van der Waals surface area contributed by atoms with E-state index in [9.17, 15) is 13.2 Å². The smallest absolute Gasteiger partial charge is 0.236 e. The fourth-order valence-corrected chi connectivity index (χ4v) is 7.72. The molecular formula is C32H39N9O4S. The first-order valence-corrected chi connectivity index (χ1v) is 17.4. The Morgan fingerprint density at radius 2 is 1.80 bits per heavy atom. The first kappa shape index (κ1) is 30.1. The molecule has 4 aromatic rings. The first-order valence-electron chi connectivity index (χ1n) is 15.6. The Bertz CT molecular complexity index is 1890. The quantitative estimate of drug-likeness (QED) is 0.261. The molecular weight excluding hydrogens is 606 g/mol. The second-order valence-corrected chi connectivity index (χ2v) is 14.1. The van der Waals surface area contributed by atoms with Crippen molar-refractivity contribution in [1.29, 1.82) is 0 Å². The number of ether oxygens (including phenoxy) is 1. The summed E-state index contributed by atoms with van der Waals surface area (Å²) < 4.78 is 32.3. The number of benzene rings is 2. The molecule has 2 fully saturated rings. The van der Waals surface area contributed by atoms with E-state index < -0.39 is 10.0 Å². The number of amides is 1. The lowest BCUT2D eigenvalue weighted by atomic mass is 10.0. The number of aromatic amines is 1. The number of hydrogen-bond acceptors (Lipinski definition) is 10. The van der Waals surface area contributed by atoms with Crippen LogP contribution in [0.3, 0.4) is 0 Å². The molecule has 13 nitrogen and oxygen atoms in total. The number of carbonyl (C=O) groups is 1. The van der Waals surface area contributed by atoms with Crippen LogP contribution in [0.4, 0.5) is 34.5 Å². The number of para-hydroxylation sites is 1. The van der Waals surface area contributed by atoms with E-state index in [1.54, 1.807) is 13.3 Å². The zero-order valence-corrected chi connectivity index (χ0v) is 27.1. The number of fused-ring (bicyclic) bond motifs is 2. The first-order chi connectivity index (χ1) is 22.2. The Balaban J connectivity index is 1.10. The molecule has 46 heavy (non-hydrogen) atoms. The number of sulfonamides is 1. The summed E-state index contributed by atoms with van der Waals surface area (Å²) in [5.74, 6) is 1.77. The van der Waals surface area contributed by atoms with Gasteiger partial charge in [-0.1, -0.05) is 12.1 Å². The van der Waals surface area contributed by atoms with Crippen LogP contribution in [0.1, 0.15) is 18.4 Å². The Hall–Kier alpha value is -4.56. The minimum atomic E-state index is -3.43. The molecule has 0 spiro atoms. The monoisotopic (exact) mass is 645 g/mol. The van der Waals surface area contributed by atoms with Gasteiger partial charge in [-0.15, -0.1) is 0 Å². The Kier molecular flexibility index (Phi) is 7.85. The highest BCUT2D eigenvalue weighted by molar-refractivity contribution is 7.92. The maximum absolute atomic E-state index is 12.5. The molecule has 7 rings (SSSR count). The van der Waals surface area contributed by atoms with E-state index in [0.29, 0.717) is 60.1 Å². The number of piperazine rings is 1. The van der Waals surface area contributed by atoms with Gasteiger partial charge in [0.2, 0.25) is 21.9 Å². The highest BCUT2D eigenvalue weighted by Gasteiger charge is 2.31. The summed E-state index contributed by atoms with van der Waals surface area (Å²) >= 11 is 0. The van der Waals surface area contributed by atoms with Crippen LogP contribution < -0.4 is 24.6 Å². The summed E-state index contributed by atoms with van der Waals surface area (Å²) in [6.07, 6.45) is 5.69. The van der Waals surface area contributed by atoms with Crippen LogP contribution >= 0.6 is 0 Å². The summed E-state index contributed by atoms with van der Waals surface area (Å²) in [4.78, 5) is 31.4. The Morgan fingerprint density at radius 3 is 2.57 bits per heavy atom. The van der Waals surface area contributed by atoms with Gasteiger partial charge in [-0.05, 0) is 49.1 Å². The number of H-pyrrole nitrogens is 1. The van der Waals surface area contributed by atoms with Crippen LogP contribution in [0, 0.1) is 0 Å². The molecule has 3 aliphatic rings. The molecule has 3 N–H and O–H groups in total. The molecule has 5 heterocycles. The van der Waals surface area contributed by atoms with Gasteiger partial charge < -0.3 is 30.2 Å². The maximum Gasteiger partial charge on any atom is 0.236 e. The van der Waals surface area contributed by atoms with E-state index in [-0.39, 0.29) is 5.91 Å². The molecule has 2 aromatic carbocycles. The zero-order chi connectivity index (χ0) is 32.0. The van der Waals surface area contributed by atoms with Gasteiger partial charge >= 0.3 is 0 Å². The van der Waals surface area contributed by atoms with Gasteiger partial charge in [-0.25, -0.2) is 8.42 Å². The maximum atomic E-state index is 12.5. The van der Waals surface area contributed by atoms with E-state index >= 15 is 0 Å². The number of nitrogens with zero attached hydrogens (tertiary/aromatic N) is 6. The lowest BCUT2D eigenvalue weighted by Crippen LogP contribution is -2.54. The van der Waals surface area contributed by atoms with Crippen molar-refractivity contribution in [1.82, 2.24) is 24.8 Å². The number of aromatic nitrogens is 3. The highest BCUT2D eigenvalue weighted by atomic mass is 32.2. The van der Waals surface area contributed by atoms with Crippen LogP contribution in [-0.2, 0) is 21.2 Å². The normalized spacial score (nSPS) is 17.9. The third-order valence-electron chi connectivity index (χ3n) is 9.29. The molecule has 0 radical (unpaired) electrons. The number of methoxy groups -OCH3 is 1. The van der Waals surface area contributed by atoms with Gasteiger partial charge in [-0.2, -0.15) is 9.97 Å². The molecule has 2 aromatic heterocycles. The van der Waals surface area contributed by atoms with Crippen molar-refractivity contribution in [2.75, 3.05) is 79.5 Å². The standard InChI is InChI=1S/C32H39N9O4S/c1-38-17-18-40(20-28(38)42)22-11-14-39(15-12-22)23-7-8-25(27(19-23)45-2)35-32-36-30-24(9-13-33-30)31(37-32)34-26-6-4-5-21-10-16-41(29(21)26)46(3,43)44/h4-9,13,19,22H,10-12,14-18,20H2,1-3H3,(H3,33,34,35,36,37). The zero-order valence-electron chi connectivity index (χ0n) is 26.3. The number of hydrogen-bond donors (Lipinski definition) is 3. The molecule has 0 unspecified atom stereocenters. The van der Waals surface area contributed by atoms with Crippen molar-refractivity contribution >= 4 is 61.5 Å². The second kappa shape index (κ2) is 12.0. The van der Waals surface area contributed by atoms with Crippen molar-refractivity contribution in [3.63, 3.8) is 0 Å². The lowest BCUT2D eigenvalue weighted by molar-refractivity contribution is -0.135. The van der Waals surface area contributed by atoms with Crippen molar-refractivity contribution < 1.29 is 17.9 Å². The fraction of sp³-hybridized carbons (Fsp3) is 0.406. The Labute approximate surface area is 268 Å². The lowest BCUT2D eigenvalue weighted by Gasteiger charge is -2.42. The predicted molar refractivity (Wildman–Crippen MR) is 180 cm³/mol. The van der Waals surface area contributed by atoms with E-state index in [2.05, 4.69) is 36.5 Å². The highest BCUT2D eigenvalue weighted by Crippen LogP contribution is 2.40. The van der Waals surface area contributed by atoms with Crippen LogP contribution in [0.25, 0.3) is 11.0 Å². The summed E-state index contributed by atoms with van der Waals surface area (Å²) in [6, 6.07) is 14.1. The SMILES string of the molecule is COc1cc(N2CCC(N3CCN(C)C(=O)C3)CC2)ccc1Nc1nc(Nc2cccc3c2N(S(C)(=O)=O)CC3)c2cc[nH]c2n1. The molecule has 1 amide bonds. The topological polar surface area (TPSA) is 139 Å². The molecule has 3 aliphatic heterocycles. The molecule has 0 atom stereocenters. The molecule has 242 valence electrons. The van der Waals surface area contributed by atoms with Gasteiger partial charge in [0, 0.05) is 63.8 Å². The van der Waals surface area contributed by atoms with E-state index in [4.69, 9.17) is 9.72 Å². The minimum Gasteiger partial charge on any atom is -0.494 e. The van der Waals surface area contributed by atoms with Crippen molar-refractivity contribution in [3.8, 4) is 5.75 Å². The number of nitrogens with one attached hydrogen (secondary N) is 3. The average Bonchev–Trinajstić information content (AvgIpc) is 3.71. The van der Waals surface area contributed by atoms with Gasteiger partial charge in [0.15, 0.2) is 0 Å². The number of likely N-dealkylation sites (N-methyl/N-ethyl adjacent to an activating group) is 1. The predicted octanol–water partition coefficient (Wildman–Crippen LogP) is 3.52. The molecule has 0 saturated carbocycles. The fourth-order valence-electron chi connectivity index (χ4n) is 6.75. The molecule has 2 saturated heterocycles.